The second-order valence-corrected chi connectivity index (χ2v) is 3.56. The van der Waals surface area contributed by atoms with Gasteiger partial charge in [0.2, 0.25) is 5.91 Å². The number of nitrogens with one attached hydrogen (secondary N) is 2. The number of aromatic nitrogens is 1. The van der Waals surface area contributed by atoms with Crippen molar-refractivity contribution in [3.8, 4) is 0 Å². The van der Waals surface area contributed by atoms with E-state index in [1.54, 1.807) is 20.0 Å². The molecule has 0 saturated heterocycles. The van der Waals surface area contributed by atoms with Crippen LogP contribution in [0.4, 0.5) is 0 Å². The number of aromatic carboxylic acids is 1. The van der Waals surface area contributed by atoms with E-state index < -0.39 is 5.97 Å². The number of carbonyl (C=O) groups excluding carboxylic acids is 1. The molecule has 0 aliphatic heterocycles. The van der Waals surface area contributed by atoms with Crippen LogP contribution in [0.25, 0.3) is 0 Å². The monoisotopic (exact) mass is 237 g/mol. The van der Waals surface area contributed by atoms with Crippen LogP contribution >= 0.6 is 0 Å². The van der Waals surface area contributed by atoms with Gasteiger partial charge in [-0.05, 0) is 19.1 Å². The Morgan fingerprint density at radius 2 is 2.18 bits per heavy atom. The fourth-order valence-corrected chi connectivity index (χ4v) is 1.22. The highest BCUT2D eigenvalue weighted by Gasteiger charge is 2.10. The van der Waals surface area contributed by atoms with E-state index in [4.69, 9.17) is 5.11 Å². The van der Waals surface area contributed by atoms with E-state index in [1.807, 2.05) is 0 Å². The lowest BCUT2D eigenvalue weighted by Crippen LogP contribution is -2.40. The van der Waals surface area contributed by atoms with E-state index in [0.29, 0.717) is 12.2 Å². The Bertz CT molecular complexity index is 403. The standard InChI is InChI=1S/C11H15N3O3/c1-7(10(15)12-2)13-6-9-4-3-8(5-14-9)11(16)17/h3-5,7,13H,6H2,1-2H3,(H,12,15)(H,16,17). The zero-order valence-electron chi connectivity index (χ0n) is 9.73. The fourth-order valence-electron chi connectivity index (χ4n) is 1.22. The van der Waals surface area contributed by atoms with Gasteiger partial charge in [-0.2, -0.15) is 0 Å². The highest BCUT2D eigenvalue weighted by Crippen LogP contribution is 2.00. The minimum Gasteiger partial charge on any atom is -0.478 e. The molecule has 92 valence electrons. The summed E-state index contributed by atoms with van der Waals surface area (Å²) in [6, 6.07) is 2.78. The van der Waals surface area contributed by atoms with Crippen LogP contribution in [0.1, 0.15) is 23.0 Å². The van der Waals surface area contributed by atoms with Crippen LogP contribution in [0.2, 0.25) is 0 Å². The topological polar surface area (TPSA) is 91.3 Å². The molecular weight excluding hydrogens is 222 g/mol. The van der Waals surface area contributed by atoms with Gasteiger partial charge in [0.15, 0.2) is 0 Å². The second kappa shape index (κ2) is 5.95. The summed E-state index contributed by atoms with van der Waals surface area (Å²) < 4.78 is 0. The predicted octanol–water partition coefficient (Wildman–Crippen LogP) is 0.00390. The van der Waals surface area contributed by atoms with Crippen molar-refractivity contribution in [1.82, 2.24) is 15.6 Å². The van der Waals surface area contributed by atoms with Crippen LogP contribution < -0.4 is 10.6 Å². The Labute approximate surface area is 99.1 Å². The number of carboxylic acids is 1. The molecule has 3 N–H and O–H groups in total. The van der Waals surface area contributed by atoms with Crippen LogP contribution in [-0.4, -0.2) is 35.1 Å². The van der Waals surface area contributed by atoms with E-state index in [2.05, 4.69) is 15.6 Å². The highest BCUT2D eigenvalue weighted by molar-refractivity contribution is 5.87. The van der Waals surface area contributed by atoms with Crippen molar-refractivity contribution < 1.29 is 14.7 Å². The summed E-state index contributed by atoms with van der Waals surface area (Å²) in [5, 5.41) is 14.2. The molecule has 6 nitrogen and oxygen atoms in total. The Balaban J connectivity index is 2.53. The Morgan fingerprint density at radius 1 is 1.47 bits per heavy atom. The summed E-state index contributed by atoms with van der Waals surface area (Å²) in [4.78, 5) is 25.8. The SMILES string of the molecule is CNC(=O)C(C)NCc1ccc(C(=O)O)cn1. The van der Waals surface area contributed by atoms with Crippen molar-refractivity contribution >= 4 is 11.9 Å². The first-order chi connectivity index (χ1) is 8.04. The summed E-state index contributed by atoms with van der Waals surface area (Å²) in [5.41, 5.74) is 0.832. The molecule has 1 unspecified atom stereocenters. The van der Waals surface area contributed by atoms with E-state index in [9.17, 15) is 9.59 Å². The number of carboxylic acid groups (broad SMARTS) is 1. The number of likely N-dealkylation sites (N-methyl/N-ethyl adjacent to an activating group) is 1. The summed E-state index contributed by atoms with van der Waals surface area (Å²) in [6.07, 6.45) is 1.30. The van der Waals surface area contributed by atoms with E-state index >= 15 is 0 Å². The molecule has 0 aromatic carbocycles. The van der Waals surface area contributed by atoms with Crippen LogP contribution in [0.15, 0.2) is 18.3 Å². The van der Waals surface area contributed by atoms with Gasteiger partial charge in [0.05, 0.1) is 17.3 Å². The molecular formula is C11H15N3O3. The maximum absolute atomic E-state index is 11.2. The number of nitrogens with zero attached hydrogens (tertiary/aromatic N) is 1. The summed E-state index contributed by atoms with van der Waals surface area (Å²) in [6.45, 7) is 2.15. The number of amides is 1. The third kappa shape index (κ3) is 3.84. The molecule has 1 aromatic heterocycles. The fraction of sp³-hybridized carbons (Fsp3) is 0.364. The zero-order chi connectivity index (χ0) is 12.8. The van der Waals surface area contributed by atoms with Crippen LogP contribution in [0.3, 0.4) is 0 Å². The van der Waals surface area contributed by atoms with Crippen molar-refractivity contribution in [2.75, 3.05) is 7.05 Å². The molecule has 0 radical (unpaired) electrons. The molecule has 1 rings (SSSR count). The summed E-state index contributed by atoms with van der Waals surface area (Å²) in [7, 11) is 1.57. The van der Waals surface area contributed by atoms with Gasteiger partial charge in [-0.3, -0.25) is 9.78 Å². The maximum Gasteiger partial charge on any atom is 0.337 e. The molecule has 1 atom stereocenters. The van der Waals surface area contributed by atoms with Crippen molar-refractivity contribution in [1.29, 1.82) is 0 Å². The van der Waals surface area contributed by atoms with Gasteiger partial charge in [-0.1, -0.05) is 0 Å². The van der Waals surface area contributed by atoms with E-state index in [-0.39, 0.29) is 17.5 Å². The van der Waals surface area contributed by atoms with Crippen molar-refractivity contribution in [3.05, 3.63) is 29.6 Å². The van der Waals surface area contributed by atoms with Crippen molar-refractivity contribution in [3.63, 3.8) is 0 Å². The zero-order valence-corrected chi connectivity index (χ0v) is 9.73. The van der Waals surface area contributed by atoms with Gasteiger partial charge in [0, 0.05) is 19.8 Å². The molecule has 1 aromatic rings. The molecule has 6 heteroatoms. The third-order valence-electron chi connectivity index (χ3n) is 2.30. The number of hydrogen-bond donors (Lipinski definition) is 3. The Hall–Kier alpha value is -1.95. The van der Waals surface area contributed by atoms with Gasteiger partial charge in [0.25, 0.3) is 0 Å². The lowest BCUT2D eigenvalue weighted by Gasteiger charge is -2.11. The van der Waals surface area contributed by atoms with E-state index in [0.717, 1.165) is 0 Å². The predicted molar refractivity (Wildman–Crippen MR) is 61.6 cm³/mol. The smallest absolute Gasteiger partial charge is 0.337 e. The normalized spacial score (nSPS) is 11.9. The molecule has 1 amide bonds. The lowest BCUT2D eigenvalue weighted by molar-refractivity contribution is -0.122. The Kier molecular flexibility index (Phi) is 4.59. The first-order valence-corrected chi connectivity index (χ1v) is 5.17. The minimum atomic E-state index is -1.00. The number of carbonyl (C=O) groups is 2. The van der Waals surface area contributed by atoms with Gasteiger partial charge in [-0.25, -0.2) is 4.79 Å². The average molecular weight is 237 g/mol. The Morgan fingerprint density at radius 3 is 2.65 bits per heavy atom. The molecule has 0 fully saturated rings. The first-order valence-electron chi connectivity index (χ1n) is 5.17. The molecule has 0 saturated carbocycles. The highest BCUT2D eigenvalue weighted by atomic mass is 16.4. The van der Waals surface area contributed by atoms with Gasteiger partial charge < -0.3 is 15.7 Å². The third-order valence-corrected chi connectivity index (χ3v) is 2.30. The van der Waals surface area contributed by atoms with Gasteiger partial charge >= 0.3 is 5.97 Å². The van der Waals surface area contributed by atoms with Gasteiger partial charge in [-0.15, -0.1) is 0 Å². The lowest BCUT2D eigenvalue weighted by atomic mass is 10.2. The maximum atomic E-state index is 11.2. The number of pyridine rings is 1. The van der Waals surface area contributed by atoms with Crippen LogP contribution in [-0.2, 0) is 11.3 Å². The van der Waals surface area contributed by atoms with Crippen molar-refractivity contribution in [2.45, 2.75) is 19.5 Å². The molecule has 0 aliphatic rings. The number of rotatable bonds is 5. The molecule has 17 heavy (non-hydrogen) atoms. The second-order valence-electron chi connectivity index (χ2n) is 3.56. The van der Waals surface area contributed by atoms with Crippen LogP contribution in [0.5, 0.6) is 0 Å². The minimum absolute atomic E-state index is 0.104. The molecule has 1 heterocycles. The first kappa shape index (κ1) is 13.1. The van der Waals surface area contributed by atoms with Crippen molar-refractivity contribution in [2.24, 2.45) is 0 Å². The molecule has 0 bridgehead atoms. The van der Waals surface area contributed by atoms with Gasteiger partial charge in [0.1, 0.15) is 0 Å². The summed E-state index contributed by atoms with van der Waals surface area (Å²) in [5.74, 6) is -1.11. The van der Waals surface area contributed by atoms with E-state index in [1.165, 1.54) is 12.3 Å². The molecule has 0 spiro atoms. The average Bonchev–Trinajstić information content (AvgIpc) is 2.35. The van der Waals surface area contributed by atoms with Crippen LogP contribution in [0, 0.1) is 0 Å². The quantitative estimate of drug-likeness (QED) is 0.670. The largest absolute Gasteiger partial charge is 0.478 e. The molecule has 0 aliphatic carbocycles. The number of hydrogen-bond acceptors (Lipinski definition) is 4. The summed E-state index contributed by atoms with van der Waals surface area (Å²) >= 11 is 0.